The van der Waals surface area contributed by atoms with E-state index >= 15 is 0 Å². The molecule has 0 aliphatic heterocycles. The third kappa shape index (κ3) is 4.67. The molecule has 4 aromatic rings. The summed E-state index contributed by atoms with van der Waals surface area (Å²) in [6.07, 6.45) is 0. The fourth-order valence-electron chi connectivity index (χ4n) is 3.37. The van der Waals surface area contributed by atoms with Crippen LogP contribution >= 0.6 is 23.2 Å². The minimum atomic E-state index is -0.154. The van der Waals surface area contributed by atoms with Gasteiger partial charge in [0.15, 0.2) is 0 Å². The molecule has 0 saturated heterocycles. The molecule has 0 radical (unpaired) electrons. The summed E-state index contributed by atoms with van der Waals surface area (Å²) in [5.41, 5.74) is 2.16. The Kier molecular flexibility index (Phi) is 6.01. The molecule has 3 aromatic carbocycles. The molecule has 0 atom stereocenters. The number of fused-ring (bicyclic) bond motifs is 1. The molecule has 0 fully saturated rings. The van der Waals surface area contributed by atoms with Crippen LogP contribution in [0, 0.1) is 11.3 Å². The highest BCUT2D eigenvalue weighted by molar-refractivity contribution is 6.32. The van der Waals surface area contributed by atoms with Crippen molar-refractivity contribution in [2.75, 3.05) is 0 Å². The predicted molar refractivity (Wildman–Crippen MR) is 127 cm³/mol. The smallest absolute Gasteiger partial charge is 0.149 e. The number of hydrogen-bond acceptors (Lipinski definition) is 4. The maximum absolute atomic E-state index is 9.14. The second kappa shape index (κ2) is 8.74. The molecule has 0 aliphatic rings. The lowest BCUT2D eigenvalue weighted by atomic mass is 10.1. The number of para-hydroxylation sites is 1. The standard InChI is InChI=1S/C25H21Cl2N3O2/c1-25(2,3)30-23-7-5-4-6-20(23)22(29-30)15-31-18-8-9-21(27)24(13-18)32-19-11-16(14-28)10-17(26)12-19/h4-13H,15H2,1-3H3. The summed E-state index contributed by atoms with van der Waals surface area (Å²) >= 11 is 12.4. The van der Waals surface area contributed by atoms with Crippen LogP contribution in [0.3, 0.4) is 0 Å². The highest BCUT2D eigenvalue weighted by Crippen LogP contribution is 2.35. The van der Waals surface area contributed by atoms with E-state index in [4.69, 9.17) is 43.0 Å². The Labute approximate surface area is 196 Å². The Morgan fingerprint density at radius 3 is 2.53 bits per heavy atom. The van der Waals surface area contributed by atoms with Gasteiger partial charge in [-0.2, -0.15) is 10.4 Å². The second-order valence-electron chi connectivity index (χ2n) is 8.32. The zero-order valence-corrected chi connectivity index (χ0v) is 19.4. The monoisotopic (exact) mass is 465 g/mol. The number of benzene rings is 3. The van der Waals surface area contributed by atoms with Crippen LogP contribution in [0.2, 0.25) is 10.0 Å². The van der Waals surface area contributed by atoms with Gasteiger partial charge >= 0.3 is 0 Å². The van der Waals surface area contributed by atoms with Crippen molar-refractivity contribution < 1.29 is 9.47 Å². The lowest BCUT2D eigenvalue weighted by Crippen LogP contribution is -2.23. The van der Waals surface area contributed by atoms with Crippen LogP contribution in [0.25, 0.3) is 10.9 Å². The van der Waals surface area contributed by atoms with E-state index < -0.39 is 0 Å². The van der Waals surface area contributed by atoms with Gasteiger partial charge in [0.25, 0.3) is 0 Å². The van der Waals surface area contributed by atoms with Crippen molar-refractivity contribution >= 4 is 34.1 Å². The molecule has 0 bridgehead atoms. The average molecular weight is 466 g/mol. The van der Waals surface area contributed by atoms with Gasteiger partial charge in [-0.15, -0.1) is 0 Å². The van der Waals surface area contributed by atoms with Crippen LogP contribution < -0.4 is 9.47 Å². The van der Waals surface area contributed by atoms with Crippen LogP contribution in [0.5, 0.6) is 17.2 Å². The molecule has 0 spiro atoms. The van der Waals surface area contributed by atoms with Crippen LogP contribution in [0.15, 0.2) is 60.7 Å². The predicted octanol–water partition coefficient (Wildman–Crippen LogP) is 7.34. The van der Waals surface area contributed by atoms with Gasteiger partial charge in [0.05, 0.1) is 27.7 Å². The van der Waals surface area contributed by atoms with Gasteiger partial charge in [-0.3, -0.25) is 4.68 Å². The highest BCUT2D eigenvalue weighted by atomic mass is 35.5. The normalized spacial score (nSPS) is 11.4. The first-order valence-electron chi connectivity index (χ1n) is 10.0. The maximum atomic E-state index is 9.14. The number of rotatable bonds is 5. The first kappa shape index (κ1) is 22.0. The van der Waals surface area contributed by atoms with Gasteiger partial charge in [0.2, 0.25) is 0 Å². The van der Waals surface area contributed by atoms with Crippen molar-refractivity contribution in [1.29, 1.82) is 5.26 Å². The van der Waals surface area contributed by atoms with Crippen molar-refractivity contribution in [3.8, 4) is 23.3 Å². The molecule has 32 heavy (non-hydrogen) atoms. The fraction of sp³-hybridized carbons (Fsp3) is 0.200. The van der Waals surface area contributed by atoms with Crippen molar-refractivity contribution in [2.24, 2.45) is 0 Å². The zero-order chi connectivity index (χ0) is 22.9. The Morgan fingerprint density at radius 1 is 1.00 bits per heavy atom. The third-order valence-corrected chi connectivity index (χ3v) is 5.34. The largest absolute Gasteiger partial charge is 0.487 e. The molecule has 0 unspecified atom stereocenters. The maximum Gasteiger partial charge on any atom is 0.149 e. The van der Waals surface area contributed by atoms with E-state index in [9.17, 15) is 0 Å². The molecule has 0 amide bonds. The van der Waals surface area contributed by atoms with Crippen molar-refractivity contribution in [2.45, 2.75) is 32.9 Å². The minimum absolute atomic E-state index is 0.154. The summed E-state index contributed by atoms with van der Waals surface area (Å²) in [5, 5.41) is 15.8. The second-order valence-corrected chi connectivity index (χ2v) is 9.16. The number of nitrogens with zero attached hydrogens (tertiary/aromatic N) is 3. The first-order chi connectivity index (χ1) is 15.2. The summed E-state index contributed by atoms with van der Waals surface area (Å²) in [7, 11) is 0. The third-order valence-electron chi connectivity index (χ3n) is 4.81. The molecule has 1 heterocycles. The molecule has 0 N–H and O–H groups in total. The molecule has 162 valence electrons. The van der Waals surface area contributed by atoms with Gasteiger partial charge in [0.1, 0.15) is 29.5 Å². The number of halogens is 2. The lowest BCUT2D eigenvalue weighted by Gasteiger charge is -2.20. The number of hydrogen-bond donors (Lipinski definition) is 0. The molecular formula is C25H21Cl2N3O2. The highest BCUT2D eigenvalue weighted by Gasteiger charge is 2.20. The zero-order valence-electron chi connectivity index (χ0n) is 17.9. The SMILES string of the molecule is CC(C)(C)n1nc(COc2ccc(Cl)c(Oc3cc(Cl)cc(C#N)c3)c2)c2ccccc21. The Hall–Kier alpha value is -3.20. The van der Waals surface area contributed by atoms with Gasteiger partial charge in [-0.05, 0) is 57.2 Å². The van der Waals surface area contributed by atoms with Crippen LogP contribution in [0.4, 0.5) is 0 Å². The molecule has 5 nitrogen and oxygen atoms in total. The van der Waals surface area contributed by atoms with E-state index in [0.29, 0.717) is 39.5 Å². The molecule has 4 rings (SSSR count). The van der Waals surface area contributed by atoms with E-state index in [-0.39, 0.29) is 5.54 Å². The van der Waals surface area contributed by atoms with Crippen molar-refractivity contribution in [1.82, 2.24) is 9.78 Å². The minimum Gasteiger partial charge on any atom is -0.487 e. The summed E-state index contributed by atoms with van der Waals surface area (Å²) in [5.74, 6) is 1.41. The number of aromatic nitrogens is 2. The summed E-state index contributed by atoms with van der Waals surface area (Å²) in [6, 6.07) is 20.1. The average Bonchev–Trinajstić information content (AvgIpc) is 3.13. The molecule has 0 saturated carbocycles. The van der Waals surface area contributed by atoms with Gasteiger partial charge in [-0.25, -0.2) is 0 Å². The molecular weight excluding hydrogens is 445 g/mol. The van der Waals surface area contributed by atoms with Gasteiger partial charge in [-0.1, -0.05) is 41.4 Å². The van der Waals surface area contributed by atoms with Gasteiger partial charge in [0, 0.05) is 16.5 Å². The molecule has 1 aromatic heterocycles. The Bertz CT molecular complexity index is 1330. The van der Waals surface area contributed by atoms with Crippen molar-refractivity contribution in [3.63, 3.8) is 0 Å². The topological polar surface area (TPSA) is 60.1 Å². The fourth-order valence-corrected chi connectivity index (χ4v) is 3.75. The summed E-state index contributed by atoms with van der Waals surface area (Å²) < 4.78 is 13.9. The molecule has 7 heteroatoms. The summed E-state index contributed by atoms with van der Waals surface area (Å²) in [6.45, 7) is 6.65. The van der Waals surface area contributed by atoms with E-state index in [2.05, 4.69) is 32.9 Å². The Balaban J connectivity index is 1.58. The number of nitriles is 1. The first-order valence-corrected chi connectivity index (χ1v) is 10.8. The van der Waals surface area contributed by atoms with Crippen molar-refractivity contribution in [3.05, 3.63) is 82.0 Å². The summed E-state index contributed by atoms with van der Waals surface area (Å²) in [4.78, 5) is 0. The number of ether oxygens (including phenoxy) is 2. The van der Waals surface area contributed by atoms with Crippen LogP contribution in [-0.4, -0.2) is 9.78 Å². The quantitative estimate of drug-likeness (QED) is 0.309. The van der Waals surface area contributed by atoms with E-state index in [1.54, 1.807) is 36.4 Å². The van der Waals surface area contributed by atoms with E-state index in [1.807, 2.05) is 22.9 Å². The lowest BCUT2D eigenvalue weighted by molar-refractivity contribution is 0.293. The molecule has 0 aliphatic carbocycles. The van der Waals surface area contributed by atoms with E-state index in [0.717, 1.165) is 16.6 Å². The van der Waals surface area contributed by atoms with Crippen LogP contribution in [-0.2, 0) is 12.1 Å². The van der Waals surface area contributed by atoms with Gasteiger partial charge < -0.3 is 9.47 Å². The van der Waals surface area contributed by atoms with E-state index in [1.165, 1.54) is 0 Å². The van der Waals surface area contributed by atoms with Crippen LogP contribution in [0.1, 0.15) is 32.0 Å². The Morgan fingerprint density at radius 2 is 1.78 bits per heavy atom.